The Bertz CT molecular complexity index is 1360. The first kappa shape index (κ1) is 21.1. The minimum absolute atomic E-state index is 0.179. The van der Waals surface area contributed by atoms with Crippen molar-refractivity contribution in [2.24, 2.45) is 0 Å². The van der Waals surface area contributed by atoms with Crippen molar-refractivity contribution in [1.29, 1.82) is 0 Å². The standard InChI is InChI=1S/C25H23N3O4S/c1-16-4-2-5-19(10-16)26-25(33)28(15-20-6-3-7-30-20)14-18-11-17-12-22-23(32-9-8-31-22)13-21(17)27-24(18)29/h2-7,10-13H,8-9,14-15H2,1H3,(H,26,33)(H,27,29). The van der Waals surface area contributed by atoms with Gasteiger partial charge in [0.25, 0.3) is 5.56 Å². The minimum Gasteiger partial charge on any atom is -0.486 e. The molecule has 2 N–H and O–H groups in total. The van der Waals surface area contributed by atoms with Gasteiger partial charge in [-0.2, -0.15) is 0 Å². The molecule has 2 aromatic heterocycles. The molecule has 33 heavy (non-hydrogen) atoms. The molecule has 0 saturated carbocycles. The molecule has 1 aliphatic heterocycles. The van der Waals surface area contributed by atoms with Gasteiger partial charge in [-0.25, -0.2) is 0 Å². The van der Waals surface area contributed by atoms with E-state index in [9.17, 15) is 4.79 Å². The quantitative estimate of drug-likeness (QED) is 0.421. The van der Waals surface area contributed by atoms with E-state index in [4.69, 9.17) is 26.1 Å². The Hall–Kier alpha value is -3.78. The van der Waals surface area contributed by atoms with Gasteiger partial charge in [0, 0.05) is 22.7 Å². The van der Waals surface area contributed by atoms with E-state index in [-0.39, 0.29) is 5.56 Å². The van der Waals surface area contributed by atoms with Crippen molar-refractivity contribution < 1.29 is 13.9 Å². The third-order valence-corrected chi connectivity index (χ3v) is 5.79. The topological polar surface area (TPSA) is 79.7 Å². The second-order valence-electron chi connectivity index (χ2n) is 7.94. The van der Waals surface area contributed by atoms with Gasteiger partial charge in [-0.1, -0.05) is 12.1 Å². The zero-order valence-electron chi connectivity index (χ0n) is 18.1. The minimum atomic E-state index is -0.179. The lowest BCUT2D eigenvalue weighted by Crippen LogP contribution is -2.35. The molecule has 0 saturated heterocycles. The van der Waals surface area contributed by atoms with Crippen LogP contribution in [0.4, 0.5) is 5.69 Å². The molecule has 1 aliphatic rings. The van der Waals surface area contributed by atoms with Crippen LogP contribution >= 0.6 is 12.2 Å². The van der Waals surface area contributed by atoms with E-state index in [1.54, 1.807) is 12.3 Å². The van der Waals surface area contributed by atoms with E-state index in [2.05, 4.69) is 10.3 Å². The zero-order valence-corrected chi connectivity index (χ0v) is 18.9. The summed E-state index contributed by atoms with van der Waals surface area (Å²) in [5, 5.41) is 4.64. The lowest BCUT2D eigenvalue weighted by molar-refractivity contribution is 0.172. The Morgan fingerprint density at radius 3 is 2.64 bits per heavy atom. The van der Waals surface area contributed by atoms with E-state index >= 15 is 0 Å². The zero-order chi connectivity index (χ0) is 22.8. The molecule has 0 amide bonds. The third-order valence-electron chi connectivity index (χ3n) is 5.43. The number of aryl methyl sites for hydroxylation is 1. The molecule has 3 heterocycles. The van der Waals surface area contributed by atoms with Crippen LogP contribution in [0.1, 0.15) is 16.9 Å². The molecule has 4 aromatic rings. The number of nitrogens with zero attached hydrogens (tertiary/aromatic N) is 1. The fourth-order valence-corrected chi connectivity index (χ4v) is 4.07. The number of rotatable bonds is 5. The average Bonchev–Trinajstić information content (AvgIpc) is 3.31. The predicted octanol–water partition coefficient (Wildman–Crippen LogP) is 4.60. The van der Waals surface area contributed by atoms with Gasteiger partial charge in [0.1, 0.15) is 19.0 Å². The van der Waals surface area contributed by atoms with Crippen molar-refractivity contribution in [1.82, 2.24) is 9.88 Å². The summed E-state index contributed by atoms with van der Waals surface area (Å²) in [5.74, 6) is 2.07. The second-order valence-corrected chi connectivity index (χ2v) is 8.33. The van der Waals surface area contributed by atoms with E-state index in [1.807, 2.05) is 60.4 Å². The number of ether oxygens (including phenoxy) is 2. The van der Waals surface area contributed by atoms with Crippen LogP contribution in [0.3, 0.4) is 0 Å². The summed E-state index contributed by atoms with van der Waals surface area (Å²) in [6, 6.07) is 17.3. The molecule has 168 valence electrons. The third kappa shape index (κ3) is 4.70. The molecule has 0 spiro atoms. The molecule has 0 unspecified atom stereocenters. The van der Waals surface area contributed by atoms with Crippen LogP contribution in [0.5, 0.6) is 11.5 Å². The molecule has 5 rings (SSSR count). The smallest absolute Gasteiger partial charge is 0.253 e. The van der Waals surface area contributed by atoms with Crippen molar-refractivity contribution in [2.75, 3.05) is 18.5 Å². The number of aromatic nitrogens is 1. The maximum atomic E-state index is 12.9. The Kier molecular flexibility index (Phi) is 5.75. The van der Waals surface area contributed by atoms with Crippen molar-refractivity contribution in [3.63, 3.8) is 0 Å². The van der Waals surface area contributed by atoms with Crippen LogP contribution in [0.15, 0.2) is 70.1 Å². The summed E-state index contributed by atoms with van der Waals surface area (Å²) < 4.78 is 16.9. The van der Waals surface area contributed by atoms with Crippen molar-refractivity contribution >= 4 is 33.9 Å². The Balaban J connectivity index is 1.45. The van der Waals surface area contributed by atoms with Gasteiger partial charge < -0.3 is 29.1 Å². The van der Waals surface area contributed by atoms with Gasteiger partial charge in [0.15, 0.2) is 16.6 Å². The van der Waals surface area contributed by atoms with Crippen LogP contribution < -0.4 is 20.3 Å². The molecular formula is C25H23N3O4S. The van der Waals surface area contributed by atoms with E-state index in [0.29, 0.717) is 54.0 Å². The monoisotopic (exact) mass is 461 g/mol. The highest BCUT2D eigenvalue weighted by atomic mass is 32.1. The van der Waals surface area contributed by atoms with Gasteiger partial charge in [-0.3, -0.25) is 4.79 Å². The highest BCUT2D eigenvalue weighted by Crippen LogP contribution is 2.33. The largest absolute Gasteiger partial charge is 0.486 e. The Labute approximate surface area is 195 Å². The molecule has 2 aromatic carbocycles. The van der Waals surface area contributed by atoms with E-state index in [1.165, 1.54) is 0 Å². The van der Waals surface area contributed by atoms with E-state index < -0.39 is 0 Å². The summed E-state index contributed by atoms with van der Waals surface area (Å²) in [7, 11) is 0. The number of aromatic amines is 1. The number of furan rings is 1. The van der Waals surface area contributed by atoms with Crippen LogP contribution in [-0.4, -0.2) is 28.2 Å². The number of hydrogen-bond acceptors (Lipinski definition) is 5. The van der Waals surface area contributed by atoms with Gasteiger partial charge in [-0.05, 0) is 61.1 Å². The van der Waals surface area contributed by atoms with Crippen molar-refractivity contribution in [3.05, 3.63) is 88.1 Å². The maximum absolute atomic E-state index is 12.9. The summed E-state index contributed by atoms with van der Waals surface area (Å²) in [4.78, 5) is 17.8. The van der Waals surface area contributed by atoms with Gasteiger partial charge in [0.2, 0.25) is 0 Å². The molecular weight excluding hydrogens is 438 g/mol. The van der Waals surface area contributed by atoms with Crippen LogP contribution in [0, 0.1) is 6.92 Å². The summed E-state index contributed by atoms with van der Waals surface area (Å²) in [5.41, 5.74) is 3.12. The first-order valence-electron chi connectivity index (χ1n) is 10.7. The van der Waals surface area contributed by atoms with Gasteiger partial charge in [-0.15, -0.1) is 0 Å². The van der Waals surface area contributed by atoms with Crippen LogP contribution in [-0.2, 0) is 13.1 Å². The number of pyridine rings is 1. The van der Waals surface area contributed by atoms with Gasteiger partial charge in [0.05, 0.1) is 24.9 Å². The summed E-state index contributed by atoms with van der Waals surface area (Å²) in [6.45, 7) is 3.75. The lowest BCUT2D eigenvalue weighted by Gasteiger charge is -2.25. The van der Waals surface area contributed by atoms with Gasteiger partial charge >= 0.3 is 0 Å². The molecule has 7 nitrogen and oxygen atoms in total. The van der Waals surface area contributed by atoms with Crippen molar-refractivity contribution in [3.8, 4) is 11.5 Å². The van der Waals surface area contributed by atoms with Crippen LogP contribution in [0.25, 0.3) is 10.9 Å². The molecule has 0 aliphatic carbocycles. The van der Waals surface area contributed by atoms with Crippen molar-refractivity contribution in [2.45, 2.75) is 20.0 Å². The first-order valence-corrected chi connectivity index (χ1v) is 11.1. The second kappa shape index (κ2) is 8.99. The molecule has 0 radical (unpaired) electrons. The number of H-pyrrole nitrogens is 1. The summed E-state index contributed by atoms with van der Waals surface area (Å²) >= 11 is 5.72. The molecule has 0 atom stereocenters. The first-order chi connectivity index (χ1) is 16.0. The highest BCUT2D eigenvalue weighted by Gasteiger charge is 2.18. The molecule has 8 heteroatoms. The number of fused-ring (bicyclic) bond motifs is 2. The fourth-order valence-electron chi connectivity index (χ4n) is 3.83. The number of thiocarbonyl (C=S) groups is 1. The fraction of sp³-hybridized carbons (Fsp3) is 0.200. The number of nitrogens with one attached hydrogen (secondary N) is 2. The summed E-state index contributed by atoms with van der Waals surface area (Å²) in [6.07, 6.45) is 1.62. The average molecular weight is 462 g/mol. The van der Waals surface area contributed by atoms with Crippen LogP contribution in [0.2, 0.25) is 0 Å². The Morgan fingerprint density at radius 1 is 1.06 bits per heavy atom. The highest BCUT2D eigenvalue weighted by molar-refractivity contribution is 7.80. The number of anilines is 1. The Morgan fingerprint density at radius 2 is 1.88 bits per heavy atom. The normalized spacial score (nSPS) is 12.5. The number of benzene rings is 2. The molecule has 0 fully saturated rings. The lowest BCUT2D eigenvalue weighted by atomic mass is 10.1. The number of hydrogen-bond donors (Lipinski definition) is 2. The molecule has 0 bridgehead atoms. The SMILES string of the molecule is Cc1cccc(NC(=S)N(Cc2ccco2)Cc2cc3cc4c(cc3[nH]c2=O)OCCO4)c1. The van der Waals surface area contributed by atoms with E-state index in [0.717, 1.165) is 22.4 Å². The predicted molar refractivity (Wildman–Crippen MR) is 131 cm³/mol. The maximum Gasteiger partial charge on any atom is 0.253 e.